The summed E-state index contributed by atoms with van der Waals surface area (Å²) >= 11 is 0. The van der Waals surface area contributed by atoms with Gasteiger partial charge in [0, 0.05) is 13.0 Å². The molecular weight excluding hydrogens is 275 g/mol. The number of benzene rings is 1. The van der Waals surface area contributed by atoms with E-state index in [0.29, 0.717) is 10.5 Å². The van der Waals surface area contributed by atoms with Crippen molar-refractivity contribution in [2.24, 2.45) is 0 Å². The molecule has 0 aliphatic heterocycles. The Labute approximate surface area is 113 Å². The van der Waals surface area contributed by atoms with Crippen molar-refractivity contribution in [3.63, 3.8) is 0 Å². The van der Waals surface area contributed by atoms with Crippen molar-refractivity contribution in [3.8, 4) is 0 Å². The Balaban J connectivity index is 3.00. The van der Waals surface area contributed by atoms with Crippen molar-refractivity contribution in [2.75, 3.05) is 6.54 Å². The summed E-state index contributed by atoms with van der Waals surface area (Å²) in [4.78, 5) is 22.8. The van der Waals surface area contributed by atoms with E-state index >= 15 is 0 Å². The number of rotatable bonds is 5. The number of halogens is 3. The number of carbonyl (C=O) groups is 2. The quantitative estimate of drug-likeness (QED) is 0.903. The molecule has 1 unspecified atom stereocenters. The number of alkyl halides is 3. The Morgan fingerprint density at radius 2 is 1.80 bits per heavy atom. The van der Waals surface area contributed by atoms with Crippen LogP contribution < -0.4 is 0 Å². The maximum atomic E-state index is 12.5. The lowest BCUT2D eigenvalue weighted by atomic mass is 10.0. The summed E-state index contributed by atoms with van der Waals surface area (Å²) in [5.74, 6) is -3.60. The van der Waals surface area contributed by atoms with Crippen LogP contribution in [-0.4, -0.2) is 40.6 Å². The van der Waals surface area contributed by atoms with Crippen molar-refractivity contribution in [3.05, 3.63) is 35.9 Å². The summed E-state index contributed by atoms with van der Waals surface area (Å²) in [6.45, 7) is 0.979. The summed E-state index contributed by atoms with van der Waals surface area (Å²) in [6, 6.07) is 6.66. The largest absolute Gasteiger partial charge is 0.480 e. The number of nitrogens with zero attached hydrogens (tertiary/aromatic N) is 1. The average Bonchev–Trinajstić information content (AvgIpc) is 2.38. The van der Waals surface area contributed by atoms with Gasteiger partial charge in [-0.25, -0.2) is 4.79 Å². The molecule has 0 saturated carbocycles. The summed E-state index contributed by atoms with van der Waals surface area (Å²) in [7, 11) is 0. The highest BCUT2D eigenvalue weighted by atomic mass is 19.4. The van der Waals surface area contributed by atoms with Gasteiger partial charge in [0.1, 0.15) is 6.04 Å². The zero-order valence-electron chi connectivity index (χ0n) is 10.7. The monoisotopic (exact) mass is 289 g/mol. The van der Waals surface area contributed by atoms with Gasteiger partial charge in [0.15, 0.2) is 0 Å². The van der Waals surface area contributed by atoms with Gasteiger partial charge >= 0.3 is 18.1 Å². The number of carboxylic acids is 1. The molecular formula is C13H14F3NO3. The van der Waals surface area contributed by atoms with E-state index in [1.165, 1.54) is 6.92 Å². The maximum Gasteiger partial charge on any atom is 0.471 e. The molecule has 0 aliphatic rings. The van der Waals surface area contributed by atoms with Crippen LogP contribution in [0.3, 0.4) is 0 Å². The molecule has 20 heavy (non-hydrogen) atoms. The van der Waals surface area contributed by atoms with Crippen molar-refractivity contribution in [2.45, 2.75) is 25.6 Å². The Morgan fingerprint density at radius 1 is 1.25 bits per heavy atom. The highest BCUT2D eigenvalue weighted by molar-refractivity contribution is 5.87. The van der Waals surface area contributed by atoms with Crippen LogP contribution in [0, 0.1) is 0 Å². The second kappa shape index (κ2) is 6.40. The fourth-order valence-electron chi connectivity index (χ4n) is 1.84. The van der Waals surface area contributed by atoms with Crippen LogP contribution in [-0.2, 0) is 16.0 Å². The van der Waals surface area contributed by atoms with E-state index in [4.69, 9.17) is 5.11 Å². The van der Waals surface area contributed by atoms with E-state index in [-0.39, 0.29) is 13.0 Å². The lowest BCUT2D eigenvalue weighted by Crippen LogP contribution is -2.51. The van der Waals surface area contributed by atoms with Crippen molar-refractivity contribution < 1.29 is 27.9 Å². The molecule has 0 aromatic heterocycles. The lowest BCUT2D eigenvalue weighted by molar-refractivity contribution is -0.189. The summed E-state index contributed by atoms with van der Waals surface area (Å²) in [5, 5.41) is 9.09. The molecule has 0 saturated heterocycles. The molecule has 0 bridgehead atoms. The Kier molecular flexibility index (Phi) is 5.12. The lowest BCUT2D eigenvalue weighted by Gasteiger charge is -2.28. The number of carboxylic acid groups (broad SMARTS) is 1. The van der Waals surface area contributed by atoms with Crippen molar-refractivity contribution in [1.29, 1.82) is 0 Å². The maximum absolute atomic E-state index is 12.5. The molecule has 0 radical (unpaired) electrons. The van der Waals surface area contributed by atoms with Gasteiger partial charge in [-0.05, 0) is 12.5 Å². The third kappa shape index (κ3) is 3.97. The third-order valence-electron chi connectivity index (χ3n) is 2.78. The molecule has 1 rings (SSSR count). The molecule has 0 heterocycles. The molecule has 110 valence electrons. The Morgan fingerprint density at radius 3 is 2.20 bits per heavy atom. The van der Waals surface area contributed by atoms with Crippen LogP contribution >= 0.6 is 0 Å². The smallest absolute Gasteiger partial charge is 0.471 e. The van der Waals surface area contributed by atoms with E-state index in [2.05, 4.69) is 0 Å². The number of likely N-dealkylation sites (N-methyl/N-ethyl adjacent to an activating group) is 1. The van der Waals surface area contributed by atoms with Gasteiger partial charge in [0.25, 0.3) is 0 Å². The van der Waals surface area contributed by atoms with Crippen LogP contribution in [0.25, 0.3) is 0 Å². The van der Waals surface area contributed by atoms with E-state index in [1.54, 1.807) is 30.3 Å². The minimum absolute atomic E-state index is 0.175. The molecule has 1 aromatic carbocycles. The number of aliphatic carboxylic acids is 1. The Bertz CT molecular complexity index is 473. The first-order valence-electron chi connectivity index (χ1n) is 5.92. The van der Waals surface area contributed by atoms with E-state index < -0.39 is 24.1 Å². The van der Waals surface area contributed by atoms with Crippen LogP contribution in [0.5, 0.6) is 0 Å². The molecule has 7 heteroatoms. The van der Waals surface area contributed by atoms with Gasteiger partial charge in [-0.3, -0.25) is 4.79 Å². The first kappa shape index (κ1) is 16.0. The van der Waals surface area contributed by atoms with Gasteiger partial charge < -0.3 is 10.0 Å². The molecule has 0 fully saturated rings. The second-order valence-electron chi connectivity index (χ2n) is 4.13. The fraction of sp³-hybridized carbons (Fsp3) is 0.385. The number of carbonyl (C=O) groups excluding carboxylic acids is 1. The first-order chi connectivity index (χ1) is 9.27. The zero-order valence-corrected chi connectivity index (χ0v) is 10.7. The number of hydrogen-bond donors (Lipinski definition) is 1. The third-order valence-corrected chi connectivity index (χ3v) is 2.78. The Hall–Kier alpha value is -2.05. The molecule has 1 aromatic rings. The fourth-order valence-corrected chi connectivity index (χ4v) is 1.84. The normalized spacial score (nSPS) is 12.8. The predicted octanol–water partition coefficient (Wildman–Crippen LogP) is 2.09. The van der Waals surface area contributed by atoms with E-state index in [9.17, 15) is 22.8 Å². The topological polar surface area (TPSA) is 57.6 Å². The van der Waals surface area contributed by atoms with E-state index in [0.717, 1.165) is 0 Å². The van der Waals surface area contributed by atoms with Gasteiger partial charge in [-0.15, -0.1) is 0 Å². The number of amides is 1. The van der Waals surface area contributed by atoms with Crippen LogP contribution in [0.1, 0.15) is 12.5 Å². The van der Waals surface area contributed by atoms with Gasteiger partial charge in [-0.1, -0.05) is 30.3 Å². The highest BCUT2D eigenvalue weighted by Crippen LogP contribution is 2.21. The molecule has 0 spiro atoms. The summed E-state index contributed by atoms with van der Waals surface area (Å²) in [5.41, 5.74) is 0.549. The van der Waals surface area contributed by atoms with Gasteiger partial charge in [0.05, 0.1) is 0 Å². The molecule has 0 aliphatic carbocycles. The van der Waals surface area contributed by atoms with Crippen LogP contribution in [0.4, 0.5) is 13.2 Å². The summed E-state index contributed by atoms with van der Waals surface area (Å²) < 4.78 is 37.4. The van der Waals surface area contributed by atoms with Gasteiger partial charge in [-0.2, -0.15) is 13.2 Å². The summed E-state index contributed by atoms with van der Waals surface area (Å²) in [6.07, 6.45) is -5.26. The van der Waals surface area contributed by atoms with Crippen molar-refractivity contribution >= 4 is 11.9 Å². The highest BCUT2D eigenvalue weighted by Gasteiger charge is 2.45. The first-order valence-corrected chi connectivity index (χ1v) is 5.92. The molecule has 1 N–H and O–H groups in total. The molecule has 1 atom stereocenters. The minimum Gasteiger partial charge on any atom is -0.480 e. The zero-order chi connectivity index (χ0) is 15.3. The van der Waals surface area contributed by atoms with Crippen LogP contribution in [0.2, 0.25) is 0 Å². The number of hydrogen-bond acceptors (Lipinski definition) is 2. The standard InChI is InChI=1S/C13H14F3NO3/c1-2-17(12(20)13(14,15)16)10(11(18)19)8-9-6-4-3-5-7-9/h3-7,10H,2,8H2,1H3,(H,18,19). The molecule has 1 amide bonds. The molecule has 4 nitrogen and oxygen atoms in total. The van der Waals surface area contributed by atoms with Gasteiger partial charge in [0.2, 0.25) is 0 Å². The van der Waals surface area contributed by atoms with Crippen molar-refractivity contribution in [1.82, 2.24) is 4.90 Å². The predicted molar refractivity (Wildman–Crippen MR) is 65.0 cm³/mol. The van der Waals surface area contributed by atoms with Crippen LogP contribution in [0.15, 0.2) is 30.3 Å². The average molecular weight is 289 g/mol. The SMILES string of the molecule is CCN(C(=O)C(F)(F)F)C(Cc1ccccc1)C(=O)O. The minimum atomic E-state index is -5.08. The van der Waals surface area contributed by atoms with E-state index in [1.807, 2.05) is 0 Å². The second-order valence-corrected chi connectivity index (χ2v) is 4.13.